The first-order valence-corrected chi connectivity index (χ1v) is 16.5. The van der Waals surface area contributed by atoms with Crippen LogP contribution in [-0.2, 0) is 44.9 Å². The summed E-state index contributed by atoms with van der Waals surface area (Å²) in [5.41, 5.74) is 0.842. The van der Waals surface area contributed by atoms with E-state index in [0.717, 1.165) is 60.8 Å². The van der Waals surface area contributed by atoms with Gasteiger partial charge in [-0.25, -0.2) is 13.2 Å². The number of sulfone groups is 1. The average Bonchev–Trinajstić information content (AvgIpc) is 2.83. The van der Waals surface area contributed by atoms with Crippen LogP contribution >= 0.6 is 0 Å². The molecule has 14 heteroatoms. The van der Waals surface area contributed by atoms with Crippen molar-refractivity contribution in [3.8, 4) is 0 Å². The van der Waals surface area contributed by atoms with Gasteiger partial charge in [0.15, 0.2) is 9.84 Å². The van der Waals surface area contributed by atoms with E-state index >= 15 is 0 Å². The molecule has 0 aliphatic carbocycles. The maximum atomic E-state index is 12.5. The standard InChI is InChI=1S/C20H27NO7S.C3H4O4.C2H5.K/c1-4-28-19(23)13-18(22)15-9-10-21(20(24)27-2)16(12-15)11-14-5-7-17(8-6-14)29(3,25)26;4-2(5)1-3(6)7;1-2;/h5-8,15-16H,4,9-13H2,1-3H3;1H2,(H,4,5)(H,6,7);1H2,2H3;. The minimum Gasteiger partial charge on any atom is -0.481 e. The summed E-state index contributed by atoms with van der Waals surface area (Å²) in [6.07, 6.45) is 0.897. The fourth-order valence-electron chi connectivity index (χ4n) is 3.67. The van der Waals surface area contributed by atoms with Gasteiger partial charge < -0.3 is 24.6 Å². The maximum absolute atomic E-state index is 12.5. The van der Waals surface area contributed by atoms with Crippen molar-refractivity contribution in [1.29, 1.82) is 0 Å². The van der Waals surface area contributed by atoms with Gasteiger partial charge in [-0.15, -0.1) is 0 Å². The molecule has 1 amide bonds. The molecule has 1 saturated heterocycles. The topological polar surface area (TPSA) is 182 Å². The average molecular weight is 598 g/mol. The number of amides is 1. The van der Waals surface area contributed by atoms with Gasteiger partial charge >= 0.3 is 80.4 Å². The number of piperidine rings is 1. The Labute approximate surface area is 262 Å². The number of ether oxygens (including phenoxy) is 2. The van der Waals surface area contributed by atoms with Crippen LogP contribution in [-0.4, -0.2) is 135 Å². The van der Waals surface area contributed by atoms with E-state index in [9.17, 15) is 32.4 Å². The number of esters is 1. The van der Waals surface area contributed by atoms with E-state index in [0.29, 0.717) is 25.8 Å². The second kappa shape index (κ2) is 19.3. The molecule has 0 saturated carbocycles. The number of hydrogen-bond donors (Lipinski definition) is 2. The molecule has 0 bridgehead atoms. The van der Waals surface area contributed by atoms with Gasteiger partial charge in [-0.3, -0.25) is 19.2 Å². The number of carboxylic acids is 2. The minimum absolute atomic E-state index is 0.189. The van der Waals surface area contributed by atoms with Crippen LogP contribution in [0.5, 0.6) is 0 Å². The zero-order valence-corrected chi connectivity index (χ0v) is 27.0. The summed E-state index contributed by atoms with van der Waals surface area (Å²) in [6, 6.07) is 6.17. The Balaban J connectivity index is 0.00000123. The third-order valence-corrected chi connectivity index (χ3v) is 6.46. The summed E-state index contributed by atoms with van der Waals surface area (Å²) in [6.45, 7) is 4.46. The van der Waals surface area contributed by atoms with Gasteiger partial charge in [-0.2, -0.15) is 0 Å². The maximum Gasteiger partial charge on any atom is 0.314 e. The van der Waals surface area contributed by atoms with E-state index in [1.807, 2.05) is 0 Å². The van der Waals surface area contributed by atoms with Gasteiger partial charge in [0.2, 0.25) is 0 Å². The number of hydrogen-bond acceptors (Lipinski definition) is 9. The Morgan fingerprint density at radius 2 is 1.56 bits per heavy atom. The van der Waals surface area contributed by atoms with E-state index in [4.69, 9.17) is 19.7 Å². The third kappa shape index (κ3) is 15.5. The van der Waals surface area contributed by atoms with Gasteiger partial charge in [0.25, 0.3) is 0 Å². The van der Waals surface area contributed by atoms with Gasteiger partial charge in [0, 0.05) is 24.8 Å². The first-order chi connectivity index (χ1) is 18.2. The minimum atomic E-state index is -3.29. The molecule has 1 aromatic carbocycles. The number of ketones is 1. The number of likely N-dealkylation sites (tertiary alicyclic amines) is 1. The molecule has 2 unspecified atom stereocenters. The van der Waals surface area contributed by atoms with E-state index in [-0.39, 0.29) is 35.7 Å². The van der Waals surface area contributed by atoms with Crippen LogP contribution in [0, 0.1) is 5.92 Å². The molecule has 1 heterocycles. The van der Waals surface area contributed by atoms with Gasteiger partial charge in [-0.1, -0.05) is 12.1 Å². The summed E-state index contributed by atoms with van der Waals surface area (Å²) in [7, 11) is -1.99. The summed E-state index contributed by atoms with van der Waals surface area (Å²) in [5.74, 6) is -3.70. The van der Waals surface area contributed by atoms with E-state index < -0.39 is 40.3 Å². The molecular formula is C25H36KNO11S. The predicted octanol–water partition coefficient (Wildman–Crippen LogP) is 2.14. The van der Waals surface area contributed by atoms with Crippen LogP contribution in [0.15, 0.2) is 29.2 Å². The summed E-state index contributed by atoms with van der Waals surface area (Å²) in [4.78, 5) is 56.9. The van der Waals surface area contributed by atoms with Crippen molar-refractivity contribution < 1.29 is 52.1 Å². The molecule has 0 aromatic heterocycles. The van der Waals surface area contributed by atoms with Crippen molar-refractivity contribution >= 4 is 88.6 Å². The predicted molar refractivity (Wildman–Crippen MR) is 141 cm³/mol. The summed E-state index contributed by atoms with van der Waals surface area (Å²) in [5, 5.41) is 15.4. The second-order valence-electron chi connectivity index (χ2n) is 8.78. The Bertz CT molecular complexity index is 1060. The Kier molecular flexibility index (Phi) is 18.4. The molecule has 0 spiro atoms. The van der Waals surface area contributed by atoms with Crippen LogP contribution in [0.25, 0.3) is 0 Å². The fourth-order valence-corrected chi connectivity index (χ4v) is 4.30. The number of carbonyl (C=O) groups excluding carboxylic acids is 3. The Hall–Kier alpha value is -1.84. The molecular weight excluding hydrogens is 561 g/mol. The van der Waals surface area contributed by atoms with Crippen LogP contribution in [0.2, 0.25) is 0.515 Å². The number of carbonyl (C=O) groups is 5. The monoisotopic (exact) mass is 597 g/mol. The van der Waals surface area contributed by atoms with Crippen molar-refractivity contribution in [3.63, 3.8) is 0 Å². The molecule has 214 valence electrons. The van der Waals surface area contributed by atoms with Crippen molar-refractivity contribution in [3.05, 3.63) is 29.8 Å². The summed E-state index contributed by atoms with van der Waals surface area (Å²) >= 11 is 1.10. The third-order valence-electron chi connectivity index (χ3n) is 5.33. The Morgan fingerprint density at radius 1 is 1.03 bits per heavy atom. The van der Waals surface area contributed by atoms with Crippen molar-refractivity contribution in [1.82, 2.24) is 4.90 Å². The number of rotatable bonds is 9. The molecule has 39 heavy (non-hydrogen) atoms. The van der Waals surface area contributed by atoms with Crippen LogP contribution in [0.3, 0.4) is 0 Å². The largest absolute Gasteiger partial charge is 0.481 e. The molecule has 2 atom stereocenters. The first kappa shape index (κ1) is 37.2. The van der Waals surface area contributed by atoms with Gasteiger partial charge in [-0.05, 0) is 43.9 Å². The number of nitrogens with zero attached hydrogens (tertiary/aromatic N) is 1. The van der Waals surface area contributed by atoms with Crippen molar-refractivity contribution in [2.24, 2.45) is 5.92 Å². The Morgan fingerprint density at radius 3 is 1.97 bits per heavy atom. The molecule has 0 radical (unpaired) electrons. The molecule has 1 aliphatic heterocycles. The van der Waals surface area contributed by atoms with Crippen molar-refractivity contribution in [2.45, 2.75) is 57.4 Å². The summed E-state index contributed by atoms with van der Waals surface area (Å²) < 4.78 is 34.4. The second-order valence-corrected chi connectivity index (χ2v) is 13.0. The van der Waals surface area contributed by atoms with Gasteiger partial charge in [0.1, 0.15) is 18.6 Å². The smallest absolute Gasteiger partial charge is 0.314 e. The first-order valence-electron chi connectivity index (χ1n) is 12.4. The number of benzene rings is 1. The number of carboxylic acid groups (broad SMARTS) is 2. The number of aliphatic carboxylic acids is 2. The quantitative estimate of drug-likeness (QED) is 0.242. The van der Waals surface area contributed by atoms with Crippen molar-refractivity contribution in [2.75, 3.05) is 26.5 Å². The fraction of sp³-hybridized carbons (Fsp3) is 0.560. The van der Waals surface area contributed by atoms with E-state index in [1.54, 1.807) is 24.0 Å². The molecule has 1 aromatic rings. The normalized spacial score (nSPS) is 16.4. The van der Waals surface area contributed by atoms with Gasteiger partial charge in [0.05, 0.1) is 18.6 Å². The van der Waals surface area contributed by atoms with Crippen LogP contribution in [0.1, 0.15) is 45.1 Å². The molecule has 12 nitrogen and oxygen atoms in total. The molecule has 2 N–H and O–H groups in total. The zero-order valence-electron chi connectivity index (χ0n) is 23.0. The molecule has 1 fully saturated rings. The van der Waals surface area contributed by atoms with E-state index in [1.165, 1.54) is 19.8 Å². The molecule has 1 aliphatic rings. The van der Waals surface area contributed by atoms with Crippen LogP contribution in [0.4, 0.5) is 4.79 Å². The van der Waals surface area contributed by atoms with Crippen LogP contribution < -0.4 is 0 Å². The SMILES string of the molecule is CCOC(=O)CC(=O)C1CCN(C(=O)OC)C(Cc2ccc(S(C)(=O)=O)cc2)C1.C[CH2][K].O=C(O)CC(=O)O. The number of Topliss-reactive ketones (excluding diaryl/α,β-unsaturated/α-hetero) is 1. The molecule has 2 rings (SSSR count). The zero-order chi connectivity index (χ0) is 30.2. The number of methoxy groups -OCH3 is 1. The van der Waals surface area contributed by atoms with E-state index in [2.05, 4.69) is 6.92 Å².